The lowest BCUT2D eigenvalue weighted by Crippen LogP contribution is -2.57. The van der Waals surface area contributed by atoms with Crippen molar-refractivity contribution in [3.8, 4) is 0 Å². The molecule has 0 radical (unpaired) electrons. The SMILES string of the molecule is CCN1C(=O)[C@H]2[C@@H](C1=O)[C@@](Cc1cc3ccccc3[nH]1)(C(=O)OC)N[C@H]2c1ccc(Cl)cc1. The number of H-pyrrole nitrogens is 1. The van der Waals surface area contributed by atoms with E-state index >= 15 is 0 Å². The first-order valence-electron chi connectivity index (χ1n) is 10.9. The topological polar surface area (TPSA) is 91.5 Å². The maximum absolute atomic E-state index is 13.5. The second kappa shape index (κ2) is 8.01. The van der Waals surface area contributed by atoms with E-state index in [1.807, 2.05) is 42.5 Å². The van der Waals surface area contributed by atoms with E-state index in [1.165, 1.54) is 12.0 Å². The number of imide groups is 1. The number of para-hydroxylation sites is 1. The molecule has 2 amide bonds. The van der Waals surface area contributed by atoms with E-state index in [0.717, 1.165) is 22.2 Å². The summed E-state index contributed by atoms with van der Waals surface area (Å²) in [5.41, 5.74) is 1.09. The van der Waals surface area contributed by atoms with Gasteiger partial charge in [-0.15, -0.1) is 0 Å². The number of nitrogens with one attached hydrogen (secondary N) is 2. The highest BCUT2D eigenvalue weighted by molar-refractivity contribution is 6.30. The molecule has 2 aliphatic rings. The summed E-state index contributed by atoms with van der Waals surface area (Å²) in [6, 6.07) is 16.3. The minimum absolute atomic E-state index is 0.177. The van der Waals surface area contributed by atoms with Gasteiger partial charge in [0, 0.05) is 35.2 Å². The maximum Gasteiger partial charge on any atom is 0.327 e. The molecule has 1 aromatic heterocycles. The summed E-state index contributed by atoms with van der Waals surface area (Å²) in [4.78, 5) is 44.8. The van der Waals surface area contributed by atoms with Crippen LogP contribution in [0.4, 0.5) is 0 Å². The highest BCUT2D eigenvalue weighted by Gasteiger charge is 2.68. The summed E-state index contributed by atoms with van der Waals surface area (Å²) in [6.45, 7) is 2.01. The summed E-state index contributed by atoms with van der Waals surface area (Å²) >= 11 is 6.07. The lowest BCUT2D eigenvalue weighted by molar-refractivity contribution is -0.154. The molecule has 0 saturated carbocycles. The van der Waals surface area contributed by atoms with Crippen LogP contribution in [0.25, 0.3) is 10.9 Å². The molecule has 2 N–H and O–H groups in total. The molecule has 0 bridgehead atoms. The Morgan fingerprint density at radius 1 is 1.12 bits per heavy atom. The minimum atomic E-state index is -1.40. The number of rotatable bonds is 5. The van der Waals surface area contributed by atoms with Crippen LogP contribution in [-0.2, 0) is 25.5 Å². The number of esters is 1. The fourth-order valence-corrected chi connectivity index (χ4v) is 5.59. The molecule has 2 aliphatic heterocycles. The Morgan fingerprint density at radius 2 is 1.85 bits per heavy atom. The number of carbonyl (C=O) groups is 3. The van der Waals surface area contributed by atoms with Crippen LogP contribution in [0.3, 0.4) is 0 Å². The van der Waals surface area contributed by atoms with Crippen molar-refractivity contribution in [2.45, 2.75) is 24.9 Å². The minimum Gasteiger partial charge on any atom is -0.468 e. The quantitative estimate of drug-likeness (QED) is 0.446. The number of fused-ring (bicyclic) bond motifs is 2. The van der Waals surface area contributed by atoms with E-state index in [0.29, 0.717) is 5.02 Å². The normalized spacial score (nSPS) is 26.8. The Kier molecular flexibility index (Phi) is 5.26. The van der Waals surface area contributed by atoms with Crippen molar-refractivity contribution in [1.82, 2.24) is 15.2 Å². The molecule has 3 heterocycles. The summed E-state index contributed by atoms with van der Waals surface area (Å²) in [7, 11) is 1.31. The molecular weight excluding hydrogens is 442 g/mol. The molecule has 4 atom stereocenters. The van der Waals surface area contributed by atoms with Crippen LogP contribution >= 0.6 is 11.6 Å². The first-order valence-corrected chi connectivity index (χ1v) is 11.3. The molecule has 3 aromatic rings. The number of methoxy groups -OCH3 is 1. The number of hydrogen-bond acceptors (Lipinski definition) is 5. The second-order valence-electron chi connectivity index (χ2n) is 8.62. The molecular formula is C25H24ClN3O4. The van der Waals surface area contributed by atoms with Crippen molar-refractivity contribution < 1.29 is 19.1 Å². The third-order valence-corrected chi connectivity index (χ3v) is 7.15. The average Bonchev–Trinajstić information content (AvgIpc) is 3.45. The van der Waals surface area contributed by atoms with E-state index < -0.39 is 29.4 Å². The summed E-state index contributed by atoms with van der Waals surface area (Å²) in [5, 5.41) is 4.95. The van der Waals surface area contributed by atoms with Gasteiger partial charge in [-0.25, -0.2) is 0 Å². The molecule has 0 unspecified atom stereocenters. The molecule has 33 heavy (non-hydrogen) atoms. The van der Waals surface area contributed by atoms with E-state index in [1.54, 1.807) is 19.1 Å². The summed E-state index contributed by atoms with van der Waals surface area (Å²) in [5.74, 6) is -2.79. The zero-order valence-electron chi connectivity index (χ0n) is 18.3. The van der Waals surface area contributed by atoms with Crippen LogP contribution in [-0.4, -0.2) is 46.9 Å². The van der Waals surface area contributed by atoms with E-state index in [9.17, 15) is 14.4 Å². The van der Waals surface area contributed by atoms with Gasteiger partial charge in [-0.2, -0.15) is 0 Å². The first-order chi connectivity index (χ1) is 15.9. The zero-order valence-corrected chi connectivity index (χ0v) is 19.1. The third-order valence-electron chi connectivity index (χ3n) is 6.90. The molecule has 7 nitrogen and oxygen atoms in total. The fraction of sp³-hybridized carbons (Fsp3) is 0.320. The monoisotopic (exact) mass is 465 g/mol. The Hall–Kier alpha value is -3.16. The van der Waals surface area contributed by atoms with E-state index in [-0.39, 0.29) is 24.8 Å². The van der Waals surface area contributed by atoms with Crippen molar-refractivity contribution >= 4 is 40.3 Å². The number of aromatic amines is 1. The van der Waals surface area contributed by atoms with Crippen LogP contribution in [0.15, 0.2) is 54.6 Å². The largest absolute Gasteiger partial charge is 0.468 e. The number of likely N-dealkylation sites (tertiary alicyclic amines) is 1. The van der Waals surface area contributed by atoms with E-state index in [2.05, 4.69) is 10.3 Å². The van der Waals surface area contributed by atoms with Crippen LogP contribution in [0.5, 0.6) is 0 Å². The van der Waals surface area contributed by atoms with Gasteiger partial charge < -0.3 is 9.72 Å². The third kappa shape index (κ3) is 3.26. The molecule has 0 aliphatic carbocycles. The van der Waals surface area contributed by atoms with Gasteiger partial charge in [0.25, 0.3) is 0 Å². The highest BCUT2D eigenvalue weighted by Crippen LogP contribution is 2.50. The molecule has 5 rings (SSSR count). The lowest BCUT2D eigenvalue weighted by atomic mass is 9.77. The number of ether oxygens (including phenoxy) is 1. The summed E-state index contributed by atoms with van der Waals surface area (Å²) in [6.07, 6.45) is 0.177. The Labute approximate surface area is 196 Å². The number of amides is 2. The van der Waals surface area contributed by atoms with Gasteiger partial charge in [-0.05, 0) is 42.1 Å². The van der Waals surface area contributed by atoms with Crippen LogP contribution in [0, 0.1) is 11.8 Å². The predicted molar refractivity (Wildman–Crippen MR) is 123 cm³/mol. The van der Waals surface area contributed by atoms with Crippen molar-refractivity contribution in [2.24, 2.45) is 11.8 Å². The number of nitrogens with zero attached hydrogens (tertiary/aromatic N) is 1. The Bertz CT molecular complexity index is 1220. The van der Waals surface area contributed by atoms with Crippen molar-refractivity contribution in [1.29, 1.82) is 0 Å². The standard InChI is InChI=1S/C25H24ClN3O4/c1-3-29-22(30)19-20(23(29)31)25(24(32)33-2,28-21(19)14-8-10-16(26)11-9-14)13-17-12-15-6-4-5-7-18(15)27-17/h4-12,19-21,27-28H,3,13H2,1-2H3/t19-,20-,21-,25-/m0/s1. The fourth-order valence-electron chi connectivity index (χ4n) is 5.46. The van der Waals surface area contributed by atoms with Gasteiger partial charge in [-0.3, -0.25) is 24.6 Å². The van der Waals surface area contributed by atoms with Gasteiger partial charge in [0.1, 0.15) is 5.54 Å². The van der Waals surface area contributed by atoms with Gasteiger partial charge in [-0.1, -0.05) is 41.9 Å². The number of halogens is 1. The zero-order chi connectivity index (χ0) is 23.3. The van der Waals surface area contributed by atoms with Crippen LogP contribution in [0.2, 0.25) is 5.02 Å². The lowest BCUT2D eigenvalue weighted by Gasteiger charge is -2.32. The summed E-state index contributed by atoms with van der Waals surface area (Å²) < 4.78 is 5.23. The van der Waals surface area contributed by atoms with Crippen LogP contribution < -0.4 is 5.32 Å². The molecule has 8 heteroatoms. The van der Waals surface area contributed by atoms with Gasteiger partial charge >= 0.3 is 5.97 Å². The van der Waals surface area contributed by atoms with Gasteiger partial charge in [0.2, 0.25) is 11.8 Å². The molecule has 2 fully saturated rings. The first kappa shape index (κ1) is 21.7. The predicted octanol–water partition coefficient (Wildman–Crippen LogP) is 3.24. The van der Waals surface area contributed by atoms with Gasteiger partial charge in [0.05, 0.1) is 18.9 Å². The highest BCUT2D eigenvalue weighted by atomic mass is 35.5. The molecule has 0 spiro atoms. The molecule has 170 valence electrons. The average molecular weight is 466 g/mol. The number of carbonyl (C=O) groups excluding carboxylic acids is 3. The maximum atomic E-state index is 13.5. The smallest absolute Gasteiger partial charge is 0.327 e. The van der Waals surface area contributed by atoms with E-state index in [4.69, 9.17) is 16.3 Å². The molecule has 2 saturated heterocycles. The van der Waals surface area contributed by atoms with Crippen molar-refractivity contribution in [3.63, 3.8) is 0 Å². The molecule has 2 aromatic carbocycles. The second-order valence-corrected chi connectivity index (χ2v) is 9.06. The van der Waals surface area contributed by atoms with Crippen molar-refractivity contribution in [2.75, 3.05) is 13.7 Å². The van der Waals surface area contributed by atoms with Gasteiger partial charge in [0.15, 0.2) is 0 Å². The Morgan fingerprint density at radius 3 is 2.52 bits per heavy atom. The van der Waals surface area contributed by atoms with Crippen LogP contribution in [0.1, 0.15) is 24.2 Å². The number of hydrogen-bond donors (Lipinski definition) is 2. The number of aromatic nitrogens is 1. The van der Waals surface area contributed by atoms with Crippen molar-refractivity contribution in [3.05, 3.63) is 70.9 Å². The Balaban J connectivity index is 1.65. The number of benzene rings is 2.